The smallest absolute Gasteiger partial charge is 0.0159 e. The van der Waals surface area contributed by atoms with Crippen LogP contribution in [0.2, 0.25) is 0 Å². The molecule has 0 heteroatoms. The monoisotopic (exact) mass is 384 g/mol. The lowest BCUT2D eigenvalue weighted by Crippen LogP contribution is -2.14. The van der Waals surface area contributed by atoms with E-state index in [1.54, 1.807) is 0 Å². The van der Waals surface area contributed by atoms with Crippen LogP contribution >= 0.6 is 0 Å². The van der Waals surface area contributed by atoms with Crippen LogP contribution in [-0.4, -0.2) is 0 Å². The van der Waals surface area contributed by atoms with E-state index < -0.39 is 0 Å². The zero-order chi connectivity index (χ0) is 21.6. The molecule has 4 aromatic rings. The van der Waals surface area contributed by atoms with Gasteiger partial charge in [-0.3, -0.25) is 0 Å². The summed E-state index contributed by atoms with van der Waals surface area (Å²) in [6, 6.07) is 26.9. The van der Waals surface area contributed by atoms with Crippen LogP contribution in [-0.2, 0) is 5.41 Å². The first kappa shape index (κ1) is 22.7. The third-order valence-corrected chi connectivity index (χ3v) is 5.41. The van der Waals surface area contributed by atoms with Crippen molar-refractivity contribution in [3.63, 3.8) is 0 Å². The molecule has 0 heterocycles. The summed E-state index contributed by atoms with van der Waals surface area (Å²) in [6.45, 7) is 16.7. The van der Waals surface area contributed by atoms with E-state index in [0.717, 1.165) is 0 Å². The van der Waals surface area contributed by atoms with E-state index in [1.165, 1.54) is 43.8 Å². The maximum atomic E-state index is 2.40. The van der Waals surface area contributed by atoms with Crippen molar-refractivity contribution in [2.45, 2.75) is 60.8 Å². The summed E-state index contributed by atoms with van der Waals surface area (Å²) in [5.74, 6) is 0. The van der Waals surface area contributed by atoms with Gasteiger partial charge in [0.25, 0.3) is 0 Å². The van der Waals surface area contributed by atoms with Crippen LogP contribution in [0.1, 0.15) is 66.5 Å². The topological polar surface area (TPSA) is 0 Å². The number of hydrogen-bond donors (Lipinski definition) is 0. The zero-order valence-corrected chi connectivity index (χ0v) is 19.4. The van der Waals surface area contributed by atoms with Crippen LogP contribution < -0.4 is 0 Å². The van der Waals surface area contributed by atoms with Gasteiger partial charge in [0.05, 0.1) is 0 Å². The Balaban J connectivity index is 0.000000461. The van der Waals surface area contributed by atoms with Crippen molar-refractivity contribution < 1.29 is 0 Å². The predicted molar refractivity (Wildman–Crippen MR) is 133 cm³/mol. The Morgan fingerprint density at radius 3 is 1.52 bits per heavy atom. The quantitative estimate of drug-likeness (QED) is 0.265. The summed E-state index contributed by atoms with van der Waals surface area (Å²) < 4.78 is 0. The molecule has 0 N–H and O–H groups in total. The number of benzene rings is 4. The predicted octanol–water partition coefficient (Wildman–Crippen LogP) is 9.38. The lowest BCUT2D eigenvalue weighted by molar-refractivity contribution is 0.661. The van der Waals surface area contributed by atoms with Crippen molar-refractivity contribution in [2.24, 2.45) is 0 Å². The minimum atomic E-state index is 0.0752. The average Bonchev–Trinajstić information content (AvgIpc) is 3.02. The van der Waals surface area contributed by atoms with E-state index >= 15 is 0 Å². The summed E-state index contributed by atoms with van der Waals surface area (Å²) in [7, 11) is 0. The first-order valence-corrected chi connectivity index (χ1v) is 11.2. The molecule has 29 heavy (non-hydrogen) atoms. The maximum absolute atomic E-state index is 2.40. The van der Waals surface area contributed by atoms with Gasteiger partial charge in [-0.05, 0) is 68.1 Å². The molecule has 0 saturated heterocycles. The second kappa shape index (κ2) is 9.74. The normalized spacial score (nSPS) is 12.4. The Labute approximate surface area is 177 Å². The van der Waals surface area contributed by atoms with Gasteiger partial charge in [-0.1, -0.05) is 104 Å². The van der Waals surface area contributed by atoms with Gasteiger partial charge in [0, 0.05) is 5.41 Å². The molecular weight excluding hydrogens is 348 g/mol. The highest BCUT2D eigenvalue weighted by molar-refractivity contribution is 6.01. The molecule has 4 aromatic carbocycles. The molecule has 5 rings (SSSR count). The Hall–Kier alpha value is -2.60. The van der Waals surface area contributed by atoms with Crippen molar-refractivity contribution >= 4 is 21.5 Å². The summed E-state index contributed by atoms with van der Waals surface area (Å²) in [6.07, 6.45) is 0. The Kier molecular flexibility index (Phi) is 7.62. The van der Waals surface area contributed by atoms with Gasteiger partial charge in [-0.2, -0.15) is 0 Å². The van der Waals surface area contributed by atoms with E-state index in [1.807, 2.05) is 41.5 Å². The van der Waals surface area contributed by atoms with Crippen LogP contribution in [0.4, 0.5) is 0 Å². The number of rotatable bonds is 0. The van der Waals surface area contributed by atoms with E-state index in [9.17, 15) is 0 Å². The summed E-state index contributed by atoms with van der Waals surface area (Å²) >= 11 is 0. The minimum Gasteiger partial charge on any atom is -0.0683 e. The molecule has 0 atom stereocenters. The third kappa shape index (κ3) is 3.94. The molecule has 0 aromatic heterocycles. The maximum Gasteiger partial charge on any atom is 0.0159 e. The molecule has 152 valence electrons. The van der Waals surface area contributed by atoms with Crippen LogP contribution in [0, 0.1) is 0 Å². The molecule has 1 aliphatic rings. The molecule has 0 nitrogen and oxygen atoms in total. The molecule has 0 saturated carbocycles. The first-order valence-electron chi connectivity index (χ1n) is 11.2. The Morgan fingerprint density at radius 2 is 0.931 bits per heavy atom. The summed E-state index contributed by atoms with van der Waals surface area (Å²) in [5.41, 5.74) is 5.75. The molecular formula is C29H36. The molecule has 0 bridgehead atoms. The Bertz CT molecular complexity index is 1080. The second-order valence-corrected chi connectivity index (χ2v) is 7.11. The molecule has 0 aliphatic heterocycles. The van der Waals surface area contributed by atoms with Crippen LogP contribution in [0.5, 0.6) is 0 Å². The van der Waals surface area contributed by atoms with Crippen LogP contribution in [0.3, 0.4) is 0 Å². The number of hydrogen-bond acceptors (Lipinski definition) is 0. The summed E-state index contributed by atoms with van der Waals surface area (Å²) in [4.78, 5) is 0. The van der Waals surface area contributed by atoms with Gasteiger partial charge in [-0.15, -0.1) is 0 Å². The van der Waals surface area contributed by atoms with E-state index in [0.29, 0.717) is 0 Å². The zero-order valence-electron chi connectivity index (χ0n) is 19.4. The molecule has 0 amide bonds. The lowest BCUT2D eigenvalue weighted by Gasteiger charge is -2.21. The fourth-order valence-electron chi connectivity index (χ4n) is 4.14. The molecule has 0 spiro atoms. The minimum absolute atomic E-state index is 0.0752. The fraction of sp³-hybridized carbons (Fsp3) is 0.310. The molecule has 1 aliphatic carbocycles. The third-order valence-electron chi connectivity index (χ3n) is 5.41. The van der Waals surface area contributed by atoms with Gasteiger partial charge >= 0.3 is 0 Å². The highest BCUT2D eigenvalue weighted by atomic mass is 14.4. The Morgan fingerprint density at radius 1 is 0.448 bits per heavy atom. The second-order valence-electron chi connectivity index (χ2n) is 7.11. The average molecular weight is 385 g/mol. The van der Waals surface area contributed by atoms with Gasteiger partial charge in [0.1, 0.15) is 0 Å². The van der Waals surface area contributed by atoms with Gasteiger partial charge < -0.3 is 0 Å². The van der Waals surface area contributed by atoms with Crippen LogP contribution in [0.25, 0.3) is 32.7 Å². The SMILES string of the molecule is CC.CC.CC.CC1(C)c2ccccc2-c2cc3cc4ccccc4cc3cc21. The van der Waals surface area contributed by atoms with Crippen LogP contribution in [0.15, 0.2) is 72.8 Å². The highest BCUT2D eigenvalue weighted by Gasteiger charge is 2.35. The first-order chi connectivity index (χ1) is 14.1. The number of fused-ring (bicyclic) bond motifs is 5. The highest BCUT2D eigenvalue weighted by Crippen LogP contribution is 2.49. The fourth-order valence-corrected chi connectivity index (χ4v) is 4.14. The van der Waals surface area contributed by atoms with Gasteiger partial charge in [-0.25, -0.2) is 0 Å². The molecule has 0 fully saturated rings. The van der Waals surface area contributed by atoms with E-state index in [2.05, 4.69) is 86.6 Å². The standard InChI is InChI=1S/C23H18.3C2H6/c1-23(2)21-10-6-5-9-19(21)20-13-17-11-15-7-3-4-8-16(15)12-18(17)14-22(20)23;3*1-2/h3-14H,1-2H3;3*1-2H3. The molecule has 0 radical (unpaired) electrons. The van der Waals surface area contributed by atoms with Crippen molar-refractivity contribution in [1.29, 1.82) is 0 Å². The van der Waals surface area contributed by atoms with Crippen molar-refractivity contribution in [3.05, 3.63) is 83.9 Å². The molecule has 0 unspecified atom stereocenters. The largest absolute Gasteiger partial charge is 0.0683 e. The van der Waals surface area contributed by atoms with E-state index in [4.69, 9.17) is 0 Å². The summed E-state index contributed by atoms with van der Waals surface area (Å²) in [5, 5.41) is 5.29. The van der Waals surface area contributed by atoms with Gasteiger partial charge in [0.15, 0.2) is 0 Å². The van der Waals surface area contributed by atoms with E-state index in [-0.39, 0.29) is 5.41 Å². The van der Waals surface area contributed by atoms with Crippen molar-refractivity contribution in [1.82, 2.24) is 0 Å². The van der Waals surface area contributed by atoms with Gasteiger partial charge in [0.2, 0.25) is 0 Å². The lowest BCUT2D eigenvalue weighted by atomic mass is 9.82. The van der Waals surface area contributed by atoms with Crippen molar-refractivity contribution in [2.75, 3.05) is 0 Å². The van der Waals surface area contributed by atoms with Crippen molar-refractivity contribution in [3.8, 4) is 11.1 Å².